The summed E-state index contributed by atoms with van der Waals surface area (Å²) in [4.78, 5) is 37.9. The van der Waals surface area contributed by atoms with E-state index in [9.17, 15) is 14.4 Å². The van der Waals surface area contributed by atoms with Crippen molar-refractivity contribution in [1.82, 2.24) is 0 Å². The third kappa shape index (κ3) is 47.9. The number of unbranched alkanes of at least 4 members (excludes halogenated alkanes) is 23. The molecule has 0 aromatic rings. The van der Waals surface area contributed by atoms with E-state index in [0.29, 0.717) is 19.3 Å². The molecular formula is C56H96O6. The summed E-state index contributed by atoms with van der Waals surface area (Å²) < 4.78 is 16.7. The lowest BCUT2D eigenvalue weighted by molar-refractivity contribution is -0.166. The Bertz CT molecular complexity index is 1180. The van der Waals surface area contributed by atoms with Crippen molar-refractivity contribution in [1.29, 1.82) is 0 Å². The lowest BCUT2D eigenvalue weighted by Crippen LogP contribution is -2.30. The summed E-state index contributed by atoms with van der Waals surface area (Å²) in [5.74, 6) is -0.991. The van der Waals surface area contributed by atoms with Crippen molar-refractivity contribution < 1.29 is 28.6 Å². The molecule has 0 amide bonds. The molecule has 0 aliphatic heterocycles. The van der Waals surface area contributed by atoms with Crippen molar-refractivity contribution in [3.8, 4) is 0 Å². The average Bonchev–Trinajstić information content (AvgIpc) is 3.27. The molecule has 0 rings (SSSR count). The molecule has 0 N–H and O–H groups in total. The van der Waals surface area contributed by atoms with Crippen LogP contribution in [0.4, 0.5) is 0 Å². The van der Waals surface area contributed by atoms with Gasteiger partial charge in [-0.25, -0.2) is 0 Å². The molecule has 0 aliphatic carbocycles. The minimum Gasteiger partial charge on any atom is -0.462 e. The second kappa shape index (κ2) is 50.5. The van der Waals surface area contributed by atoms with Crippen molar-refractivity contribution in [2.75, 3.05) is 13.2 Å². The summed E-state index contributed by atoms with van der Waals surface area (Å²) in [6.45, 7) is 6.45. The maximum Gasteiger partial charge on any atom is 0.306 e. The van der Waals surface area contributed by atoms with Crippen LogP contribution in [-0.2, 0) is 28.6 Å². The smallest absolute Gasteiger partial charge is 0.306 e. The number of hydrogen-bond donors (Lipinski definition) is 0. The van der Waals surface area contributed by atoms with Crippen LogP contribution < -0.4 is 0 Å². The molecule has 356 valence electrons. The molecule has 1 atom stereocenters. The molecule has 0 aromatic carbocycles. The van der Waals surface area contributed by atoms with Crippen LogP contribution in [0.25, 0.3) is 0 Å². The van der Waals surface area contributed by atoms with E-state index in [2.05, 4.69) is 81.5 Å². The largest absolute Gasteiger partial charge is 0.462 e. The van der Waals surface area contributed by atoms with Gasteiger partial charge in [-0.2, -0.15) is 0 Å². The lowest BCUT2D eigenvalue weighted by Gasteiger charge is -2.18. The fourth-order valence-corrected chi connectivity index (χ4v) is 7.07. The molecule has 0 aromatic heterocycles. The van der Waals surface area contributed by atoms with E-state index in [1.54, 1.807) is 0 Å². The Morgan fingerprint density at radius 3 is 1.05 bits per heavy atom. The molecule has 6 nitrogen and oxygen atoms in total. The third-order valence-corrected chi connectivity index (χ3v) is 11.0. The lowest BCUT2D eigenvalue weighted by atomic mass is 10.1. The van der Waals surface area contributed by atoms with E-state index in [0.717, 1.165) is 70.6 Å². The number of carbonyl (C=O) groups is 3. The van der Waals surface area contributed by atoms with Crippen molar-refractivity contribution in [3.63, 3.8) is 0 Å². The summed E-state index contributed by atoms with van der Waals surface area (Å²) in [5, 5.41) is 0. The molecule has 1 unspecified atom stereocenters. The fraction of sp³-hybridized carbons (Fsp3) is 0.732. The van der Waals surface area contributed by atoms with Crippen LogP contribution in [0.5, 0.6) is 0 Å². The molecule has 0 heterocycles. The zero-order valence-corrected chi connectivity index (χ0v) is 40.6. The maximum absolute atomic E-state index is 12.8. The first-order chi connectivity index (χ1) is 30.5. The van der Waals surface area contributed by atoms with Gasteiger partial charge in [0, 0.05) is 19.3 Å². The zero-order valence-electron chi connectivity index (χ0n) is 40.6. The van der Waals surface area contributed by atoms with Gasteiger partial charge in [-0.15, -0.1) is 0 Å². The molecule has 0 saturated heterocycles. The van der Waals surface area contributed by atoms with Crippen LogP contribution in [-0.4, -0.2) is 37.2 Å². The third-order valence-electron chi connectivity index (χ3n) is 11.0. The minimum atomic E-state index is -0.813. The first kappa shape index (κ1) is 58.9. The van der Waals surface area contributed by atoms with Gasteiger partial charge in [0.2, 0.25) is 0 Å². The molecule has 0 aliphatic rings. The van der Waals surface area contributed by atoms with E-state index in [-0.39, 0.29) is 31.6 Å². The Morgan fingerprint density at radius 1 is 0.339 bits per heavy atom. The van der Waals surface area contributed by atoms with Gasteiger partial charge in [0.25, 0.3) is 0 Å². The highest BCUT2D eigenvalue weighted by atomic mass is 16.6. The fourth-order valence-electron chi connectivity index (χ4n) is 7.07. The Kier molecular flexibility index (Phi) is 47.9. The van der Waals surface area contributed by atoms with Crippen LogP contribution in [0.1, 0.15) is 245 Å². The summed E-state index contributed by atoms with van der Waals surface area (Å²) in [5.41, 5.74) is 0. The monoisotopic (exact) mass is 865 g/mol. The van der Waals surface area contributed by atoms with E-state index in [4.69, 9.17) is 14.2 Å². The zero-order chi connectivity index (χ0) is 45.1. The van der Waals surface area contributed by atoms with E-state index < -0.39 is 12.1 Å². The maximum atomic E-state index is 12.8. The standard InChI is InChI=1S/C56H96O6/c1-4-7-10-13-16-19-22-24-26-28-30-31-34-37-40-43-46-49-55(58)61-52-53(51-60-54(57)48-45-42-39-36-33-21-18-15-12-9-6-3)62-56(59)50-47-44-41-38-35-32-29-27-25-23-20-17-14-11-8-5-2/h8,11,17,20,24-27,32,35,41,44,53H,4-7,9-10,12-16,18-19,21-23,28-31,33-34,36-40,42-43,45-52H2,1-3H3/b11-8-,20-17-,26-24-,27-25-,35-32-,44-41-. The van der Waals surface area contributed by atoms with Crippen LogP contribution >= 0.6 is 0 Å². The predicted molar refractivity (Wildman–Crippen MR) is 265 cm³/mol. The highest BCUT2D eigenvalue weighted by Crippen LogP contribution is 2.14. The molecule has 0 saturated carbocycles. The van der Waals surface area contributed by atoms with Gasteiger partial charge in [-0.1, -0.05) is 222 Å². The highest BCUT2D eigenvalue weighted by molar-refractivity contribution is 5.71. The van der Waals surface area contributed by atoms with E-state index in [1.807, 2.05) is 12.2 Å². The van der Waals surface area contributed by atoms with Gasteiger partial charge in [0.15, 0.2) is 6.10 Å². The summed E-state index contributed by atoms with van der Waals surface area (Å²) in [6, 6.07) is 0. The number of esters is 3. The average molecular weight is 865 g/mol. The minimum absolute atomic E-state index is 0.105. The Balaban J connectivity index is 4.46. The van der Waals surface area contributed by atoms with Crippen molar-refractivity contribution in [2.45, 2.75) is 252 Å². The van der Waals surface area contributed by atoms with Crippen LogP contribution in [0.2, 0.25) is 0 Å². The predicted octanol–water partition coefficient (Wildman–Crippen LogP) is 17.0. The van der Waals surface area contributed by atoms with Gasteiger partial charge in [-0.3, -0.25) is 14.4 Å². The summed E-state index contributed by atoms with van der Waals surface area (Å²) in [7, 11) is 0. The van der Waals surface area contributed by atoms with Crippen LogP contribution in [0, 0.1) is 0 Å². The second-order valence-electron chi connectivity index (χ2n) is 17.1. The second-order valence-corrected chi connectivity index (χ2v) is 17.1. The number of carbonyl (C=O) groups excluding carboxylic acids is 3. The Labute approximate surface area is 382 Å². The molecule has 62 heavy (non-hydrogen) atoms. The number of hydrogen-bond acceptors (Lipinski definition) is 6. The molecule has 0 spiro atoms. The summed E-state index contributed by atoms with van der Waals surface area (Å²) in [6.07, 6.45) is 63.3. The van der Waals surface area contributed by atoms with Crippen molar-refractivity contribution >= 4 is 17.9 Å². The van der Waals surface area contributed by atoms with Crippen LogP contribution in [0.15, 0.2) is 72.9 Å². The van der Waals surface area contributed by atoms with Gasteiger partial charge >= 0.3 is 17.9 Å². The van der Waals surface area contributed by atoms with Crippen molar-refractivity contribution in [2.24, 2.45) is 0 Å². The Morgan fingerprint density at radius 2 is 0.661 bits per heavy atom. The number of ether oxygens (including phenoxy) is 3. The first-order valence-electron chi connectivity index (χ1n) is 25.9. The van der Waals surface area contributed by atoms with Crippen LogP contribution in [0.3, 0.4) is 0 Å². The topological polar surface area (TPSA) is 78.9 Å². The first-order valence-corrected chi connectivity index (χ1v) is 25.9. The van der Waals surface area contributed by atoms with Gasteiger partial charge in [0.1, 0.15) is 13.2 Å². The quantitative estimate of drug-likeness (QED) is 0.0262. The van der Waals surface area contributed by atoms with Gasteiger partial charge in [-0.05, 0) is 77.0 Å². The van der Waals surface area contributed by atoms with E-state index >= 15 is 0 Å². The van der Waals surface area contributed by atoms with E-state index in [1.165, 1.54) is 128 Å². The number of rotatable bonds is 46. The molecule has 0 bridgehead atoms. The SMILES string of the molecule is CC/C=C\C/C=C\C/C=C\C/C=C\C/C=C\CCC(=O)OC(COC(=O)CCCCCCCCC/C=C\CCCCCCCC)COC(=O)CCCCCCCCCCCCC. The molecule has 0 fully saturated rings. The number of allylic oxidation sites excluding steroid dienone is 12. The Hall–Kier alpha value is -3.15. The van der Waals surface area contributed by atoms with Gasteiger partial charge in [0.05, 0.1) is 0 Å². The van der Waals surface area contributed by atoms with Crippen molar-refractivity contribution in [3.05, 3.63) is 72.9 Å². The molecular weight excluding hydrogens is 769 g/mol. The normalized spacial score (nSPS) is 12.6. The molecule has 0 radical (unpaired) electrons. The summed E-state index contributed by atoms with van der Waals surface area (Å²) >= 11 is 0. The highest BCUT2D eigenvalue weighted by Gasteiger charge is 2.19. The van der Waals surface area contributed by atoms with Gasteiger partial charge < -0.3 is 14.2 Å². The molecule has 6 heteroatoms.